The summed E-state index contributed by atoms with van der Waals surface area (Å²) in [5.74, 6) is -0.180. The molecule has 1 unspecified atom stereocenters. The molecule has 0 saturated heterocycles. The summed E-state index contributed by atoms with van der Waals surface area (Å²) in [6, 6.07) is 24.3. The highest BCUT2D eigenvalue weighted by molar-refractivity contribution is 8.00. The van der Waals surface area contributed by atoms with Crippen LogP contribution in [0.4, 0.5) is 5.69 Å². The summed E-state index contributed by atoms with van der Waals surface area (Å²) in [5.41, 5.74) is 3.66. The lowest BCUT2D eigenvalue weighted by Gasteiger charge is -2.18. The number of pyridine rings is 1. The minimum atomic E-state index is -0.504. The van der Waals surface area contributed by atoms with Gasteiger partial charge < -0.3 is 5.32 Å². The van der Waals surface area contributed by atoms with Gasteiger partial charge in [-0.2, -0.15) is 0 Å². The summed E-state index contributed by atoms with van der Waals surface area (Å²) < 4.78 is 1.61. The fraction of sp³-hybridized carbons (Fsp3) is 0.111. The molecular formula is C27H22N4O2S. The molecule has 0 saturated carbocycles. The summed E-state index contributed by atoms with van der Waals surface area (Å²) >= 11 is 1.26. The zero-order chi connectivity index (χ0) is 23.7. The fourth-order valence-corrected chi connectivity index (χ4v) is 4.80. The predicted molar refractivity (Wildman–Crippen MR) is 138 cm³/mol. The molecule has 2 aromatic heterocycles. The van der Waals surface area contributed by atoms with Gasteiger partial charge in [-0.1, -0.05) is 48.2 Å². The molecule has 2 heterocycles. The van der Waals surface area contributed by atoms with Crippen LogP contribution in [-0.2, 0) is 4.79 Å². The van der Waals surface area contributed by atoms with E-state index in [1.54, 1.807) is 16.8 Å². The molecule has 0 fully saturated rings. The molecule has 0 aliphatic rings. The molecule has 0 radical (unpaired) electrons. The van der Waals surface area contributed by atoms with E-state index in [0.29, 0.717) is 21.7 Å². The first kappa shape index (κ1) is 21.9. The lowest BCUT2D eigenvalue weighted by molar-refractivity contribution is -0.115. The van der Waals surface area contributed by atoms with Crippen molar-refractivity contribution in [2.24, 2.45) is 0 Å². The molecule has 1 atom stereocenters. The number of carbonyl (C=O) groups excluding carboxylic acids is 1. The van der Waals surface area contributed by atoms with E-state index in [4.69, 9.17) is 4.98 Å². The number of rotatable bonds is 5. The molecule has 5 rings (SSSR count). The van der Waals surface area contributed by atoms with Crippen molar-refractivity contribution >= 4 is 45.2 Å². The first-order valence-corrected chi connectivity index (χ1v) is 11.8. The van der Waals surface area contributed by atoms with Gasteiger partial charge in [-0.15, -0.1) is 0 Å². The molecule has 0 aliphatic heterocycles. The quantitative estimate of drug-likeness (QED) is 0.279. The van der Waals surface area contributed by atoms with E-state index in [1.807, 2.05) is 86.6 Å². The number of aromatic nitrogens is 3. The topological polar surface area (TPSA) is 76.9 Å². The second-order valence-electron chi connectivity index (χ2n) is 7.96. The molecular weight excluding hydrogens is 444 g/mol. The highest BCUT2D eigenvalue weighted by Crippen LogP contribution is 2.28. The van der Waals surface area contributed by atoms with Gasteiger partial charge in [0.1, 0.15) is 0 Å². The zero-order valence-corrected chi connectivity index (χ0v) is 19.5. The Morgan fingerprint density at radius 1 is 0.912 bits per heavy atom. The van der Waals surface area contributed by atoms with Crippen molar-refractivity contribution in [2.75, 3.05) is 5.32 Å². The van der Waals surface area contributed by atoms with E-state index in [-0.39, 0.29) is 11.5 Å². The average Bonchev–Trinajstić information content (AvgIpc) is 2.85. The van der Waals surface area contributed by atoms with Gasteiger partial charge in [0, 0.05) is 11.6 Å². The van der Waals surface area contributed by atoms with Crippen LogP contribution in [0.5, 0.6) is 0 Å². The number of amides is 1. The molecule has 7 heteroatoms. The third-order valence-corrected chi connectivity index (χ3v) is 6.71. The highest BCUT2D eigenvalue weighted by atomic mass is 32.2. The summed E-state index contributed by atoms with van der Waals surface area (Å²) in [6.45, 7) is 3.77. The first-order chi connectivity index (χ1) is 16.5. The van der Waals surface area contributed by atoms with Gasteiger partial charge in [0.2, 0.25) is 5.91 Å². The summed E-state index contributed by atoms with van der Waals surface area (Å²) in [4.78, 5) is 35.8. The third kappa shape index (κ3) is 4.06. The van der Waals surface area contributed by atoms with E-state index in [1.165, 1.54) is 11.8 Å². The summed E-state index contributed by atoms with van der Waals surface area (Å²) in [5, 5.41) is 4.39. The van der Waals surface area contributed by atoms with Crippen molar-refractivity contribution in [3.8, 4) is 5.69 Å². The van der Waals surface area contributed by atoms with Gasteiger partial charge in [-0.25, -0.2) is 4.98 Å². The number of hydrogen-bond acceptors (Lipinski definition) is 5. The van der Waals surface area contributed by atoms with Crippen molar-refractivity contribution in [2.45, 2.75) is 24.3 Å². The normalized spacial score (nSPS) is 12.1. The molecule has 34 heavy (non-hydrogen) atoms. The molecule has 6 nitrogen and oxygen atoms in total. The van der Waals surface area contributed by atoms with Gasteiger partial charge in [0.15, 0.2) is 5.16 Å². The lowest BCUT2D eigenvalue weighted by Crippen LogP contribution is -2.26. The average molecular weight is 467 g/mol. The van der Waals surface area contributed by atoms with Crippen molar-refractivity contribution < 1.29 is 4.79 Å². The Hall–Kier alpha value is -3.97. The molecule has 0 bridgehead atoms. The Morgan fingerprint density at radius 2 is 1.65 bits per heavy atom. The number of aryl methyl sites for hydroxylation is 1. The molecule has 1 N–H and O–H groups in total. The maximum Gasteiger partial charge on any atom is 0.266 e. The van der Waals surface area contributed by atoms with Crippen LogP contribution >= 0.6 is 11.8 Å². The van der Waals surface area contributed by atoms with Crippen molar-refractivity contribution in [3.63, 3.8) is 0 Å². The molecule has 3 aromatic carbocycles. The van der Waals surface area contributed by atoms with E-state index < -0.39 is 5.25 Å². The van der Waals surface area contributed by atoms with Crippen molar-refractivity contribution in [1.82, 2.24) is 14.5 Å². The van der Waals surface area contributed by atoms with Gasteiger partial charge in [-0.05, 0) is 61.9 Å². The van der Waals surface area contributed by atoms with Gasteiger partial charge >= 0.3 is 0 Å². The summed E-state index contributed by atoms with van der Waals surface area (Å²) in [7, 11) is 0. The van der Waals surface area contributed by atoms with Gasteiger partial charge in [0.05, 0.1) is 33.0 Å². The van der Waals surface area contributed by atoms with Crippen LogP contribution in [0.3, 0.4) is 0 Å². The first-order valence-electron chi connectivity index (χ1n) is 10.9. The van der Waals surface area contributed by atoms with Crippen LogP contribution in [-0.4, -0.2) is 25.7 Å². The van der Waals surface area contributed by atoms with Crippen LogP contribution < -0.4 is 10.9 Å². The molecule has 0 spiro atoms. The SMILES string of the molecule is Cc1ccccc1-n1c(SC(C)C(=O)Nc2cccc3ncccc23)nc2ccccc2c1=O. The molecule has 5 aromatic rings. The highest BCUT2D eigenvalue weighted by Gasteiger charge is 2.21. The van der Waals surface area contributed by atoms with E-state index >= 15 is 0 Å². The number of carbonyl (C=O) groups is 1. The number of nitrogens with zero attached hydrogens (tertiary/aromatic N) is 3. The number of anilines is 1. The Morgan fingerprint density at radius 3 is 2.50 bits per heavy atom. The van der Waals surface area contributed by atoms with Crippen molar-refractivity contribution in [3.05, 3.63) is 101 Å². The van der Waals surface area contributed by atoms with Crippen molar-refractivity contribution in [1.29, 1.82) is 0 Å². The summed E-state index contributed by atoms with van der Waals surface area (Å²) in [6.07, 6.45) is 1.72. The fourth-order valence-electron chi connectivity index (χ4n) is 3.88. The number of nitrogens with one attached hydrogen (secondary N) is 1. The Balaban J connectivity index is 1.53. The lowest BCUT2D eigenvalue weighted by atomic mass is 10.2. The number of fused-ring (bicyclic) bond motifs is 2. The van der Waals surface area contributed by atoms with Crippen LogP contribution in [0.25, 0.3) is 27.5 Å². The second kappa shape index (κ2) is 9.11. The minimum Gasteiger partial charge on any atom is -0.324 e. The number of hydrogen-bond donors (Lipinski definition) is 1. The van der Waals surface area contributed by atoms with E-state index in [0.717, 1.165) is 22.2 Å². The van der Waals surface area contributed by atoms with E-state index in [9.17, 15) is 9.59 Å². The Labute approximate surface area is 200 Å². The van der Waals surface area contributed by atoms with Crippen LogP contribution in [0.15, 0.2) is 95.0 Å². The Kier molecular flexibility index (Phi) is 5.86. The predicted octanol–water partition coefficient (Wildman–Crippen LogP) is 5.36. The molecule has 0 aliphatic carbocycles. The maximum absolute atomic E-state index is 13.5. The molecule has 1 amide bonds. The number of benzene rings is 3. The number of para-hydroxylation sites is 2. The second-order valence-corrected chi connectivity index (χ2v) is 9.27. The smallest absolute Gasteiger partial charge is 0.266 e. The minimum absolute atomic E-state index is 0.157. The van der Waals surface area contributed by atoms with E-state index in [2.05, 4.69) is 10.3 Å². The maximum atomic E-state index is 13.5. The van der Waals surface area contributed by atoms with Gasteiger partial charge in [-0.3, -0.25) is 19.1 Å². The van der Waals surface area contributed by atoms with Gasteiger partial charge in [0.25, 0.3) is 5.56 Å². The zero-order valence-electron chi connectivity index (χ0n) is 18.7. The largest absolute Gasteiger partial charge is 0.324 e. The monoisotopic (exact) mass is 466 g/mol. The third-order valence-electron chi connectivity index (χ3n) is 5.66. The molecule has 168 valence electrons. The van der Waals surface area contributed by atoms with Crippen LogP contribution in [0, 0.1) is 6.92 Å². The van der Waals surface area contributed by atoms with Crippen LogP contribution in [0.2, 0.25) is 0 Å². The standard InChI is InChI=1S/C27H22N4O2S/c1-17-9-3-6-15-24(17)31-26(33)20-10-4-5-12-23(20)30-27(31)34-18(2)25(32)29-22-14-7-13-21-19(22)11-8-16-28-21/h3-16,18H,1-2H3,(H,29,32). The van der Waals surface area contributed by atoms with Crippen LogP contribution in [0.1, 0.15) is 12.5 Å². The number of thioether (sulfide) groups is 1. The Bertz CT molecular complexity index is 1590.